The van der Waals surface area contributed by atoms with E-state index in [1.807, 2.05) is 127 Å². The lowest BCUT2D eigenvalue weighted by Gasteiger charge is -2.20. The third-order valence-electron chi connectivity index (χ3n) is 9.34. The Morgan fingerprint density at radius 2 is 0.849 bits per heavy atom. The van der Waals surface area contributed by atoms with Crippen LogP contribution in [0, 0.1) is 5.82 Å². The van der Waals surface area contributed by atoms with E-state index in [-0.39, 0.29) is 5.82 Å². The van der Waals surface area contributed by atoms with Gasteiger partial charge >= 0.3 is 0 Å². The summed E-state index contributed by atoms with van der Waals surface area (Å²) in [6.45, 7) is 0. The molecule has 6 aromatic carbocycles. The van der Waals surface area contributed by atoms with Crippen LogP contribution in [0.5, 0.6) is 0 Å². The minimum absolute atomic E-state index is 0.346. The molecule has 53 heavy (non-hydrogen) atoms. The summed E-state index contributed by atoms with van der Waals surface area (Å²) in [4.78, 5) is 24.2. The Labute approximate surface area is 305 Å². The van der Waals surface area contributed by atoms with Gasteiger partial charge in [0, 0.05) is 55.1 Å². The third-order valence-corrected chi connectivity index (χ3v) is 12.4. The molecule has 0 unspecified atom stereocenters. The fourth-order valence-corrected chi connectivity index (χ4v) is 9.23. The van der Waals surface area contributed by atoms with Gasteiger partial charge in [0.25, 0.3) is 0 Å². The van der Waals surface area contributed by atoms with Crippen LogP contribution in [-0.4, -0.2) is 24.9 Å². The molecular weight excluding hydrogens is 677 g/mol. The molecule has 0 aliphatic carbocycles. The quantitative estimate of drug-likeness (QED) is 0.121. The van der Waals surface area contributed by atoms with E-state index in [0.717, 1.165) is 54.8 Å². The van der Waals surface area contributed by atoms with Crippen LogP contribution in [0.4, 0.5) is 4.39 Å². The van der Waals surface area contributed by atoms with Crippen LogP contribution in [0.3, 0.4) is 0 Å². The average Bonchev–Trinajstić information content (AvgIpc) is 3.24. The average molecular weight is 706 g/mol. The van der Waals surface area contributed by atoms with Crippen molar-refractivity contribution in [3.8, 4) is 45.4 Å². The van der Waals surface area contributed by atoms with Gasteiger partial charge in [0.15, 0.2) is 24.6 Å². The zero-order valence-electron chi connectivity index (χ0n) is 28.2. The fraction of sp³-hybridized carbons (Fsp3) is 0. The molecule has 3 aromatic heterocycles. The van der Waals surface area contributed by atoms with Crippen molar-refractivity contribution in [1.29, 1.82) is 0 Å². The number of pyridine rings is 2. The summed E-state index contributed by atoms with van der Waals surface area (Å²) in [5.41, 5.74) is 5.65. The Kier molecular flexibility index (Phi) is 8.18. The van der Waals surface area contributed by atoms with E-state index in [0.29, 0.717) is 28.3 Å². The van der Waals surface area contributed by atoms with Crippen molar-refractivity contribution < 1.29 is 8.96 Å². The van der Waals surface area contributed by atoms with E-state index in [2.05, 4.69) is 23.2 Å². The van der Waals surface area contributed by atoms with Gasteiger partial charge in [-0.05, 0) is 36.4 Å². The first-order valence-corrected chi connectivity index (χ1v) is 18.8. The van der Waals surface area contributed by atoms with Crippen molar-refractivity contribution in [2.75, 3.05) is 0 Å². The molecule has 0 aliphatic heterocycles. The summed E-state index contributed by atoms with van der Waals surface area (Å²) in [5, 5.41) is 4.28. The second kappa shape index (κ2) is 13.5. The second-order valence-electron chi connectivity index (χ2n) is 12.6. The monoisotopic (exact) mass is 705 g/mol. The number of rotatable bonds is 7. The highest BCUT2D eigenvalue weighted by atomic mass is 31.2. The lowest BCUT2D eigenvalue weighted by atomic mass is 10.1. The number of fused-ring (bicyclic) bond motifs is 3. The number of aromatic nitrogens is 5. The van der Waals surface area contributed by atoms with Gasteiger partial charge in [-0.1, -0.05) is 133 Å². The highest BCUT2D eigenvalue weighted by Gasteiger charge is 2.29. The van der Waals surface area contributed by atoms with E-state index >= 15 is 0 Å². The summed E-state index contributed by atoms with van der Waals surface area (Å²) in [6.07, 6.45) is 1.79. The van der Waals surface area contributed by atoms with Crippen LogP contribution in [0.15, 0.2) is 176 Å². The Bertz CT molecular complexity index is 2750. The maximum absolute atomic E-state index is 14.9. The van der Waals surface area contributed by atoms with E-state index in [4.69, 9.17) is 19.9 Å². The molecule has 0 spiro atoms. The maximum atomic E-state index is 14.9. The molecule has 0 fully saturated rings. The Hall–Kier alpha value is -6.69. The van der Waals surface area contributed by atoms with Gasteiger partial charge in [0.1, 0.15) is 5.82 Å². The molecule has 6 nitrogen and oxygen atoms in total. The van der Waals surface area contributed by atoms with Crippen molar-refractivity contribution in [3.05, 3.63) is 182 Å². The van der Waals surface area contributed by atoms with Gasteiger partial charge in [-0.15, -0.1) is 0 Å². The molecule has 0 atom stereocenters. The van der Waals surface area contributed by atoms with Gasteiger partial charge in [-0.3, -0.25) is 4.98 Å². The predicted octanol–water partition coefficient (Wildman–Crippen LogP) is 9.41. The molecule has 0 aliphatic rings. The van der Waals surface area contributed by atoms with Crippen LogP contribution < -0.4 is 15.9 Å². The van der Waals surface area contributed by atoms with Crippen LogP contribution in [0.2, 0.25) is 0 Å². The fourth-order valence-electron chi connectivity index (χ4n) is 6.58. The van der Waals surface area contributed by atoms with Crippen molar-refractivity contribution in [1.82, 2.24) is 24.9 Å². The SMILES string of the molecule is O=P(c1ccccc1)(c1ccccc1)c1ccc(-c2nc(-c3ccc(F)cc3)nc(-c3ccc(-c4ccc5ccc6cccnc6c5n4)cc3)n2)cc1. The van der Waals surface area contributed by atoms with E-state index in [1.54, 1.807) is 18.3 Å². The lowest BCUT2D eigenvalue weighted by molar-refractivity contribution is 0.592. The Morgan fingerprint density at radius 1 is 0.396 bits per heavy atom. The molecule has 8 heteroatoms. The second-order valence-corrected chi connectivity index (χ2v) is 15.4. The standard InChI is InChI=1S/C45H29FN5OP/c46-36-24-19-34(20-25-36)44-49-43(33-17-13-30(14-18-33)40-28-23-32-16-15-31-8-7-29-47-41(31)42(32)48-40)50-45(51-44)35-21-26-39(27-22-35)53(52,37-9-3-1-4-10-37)38-11-5-2-6-12-38/h1-29H. The van der Waals surface area contributed by atoms with Crippen molar-refractivity contribution in [2.24, 2.45) is 0 Å². The third kappa shape index (κ3) is 6.07. The number of halogens is 1. The Morgan fingerprint density at radius 3 is 1.42 bits per heavy atom. The first-order valence-electron chi connectivity index (χ1n) is 17.1. The van der Waals surface area contributed by atoms with E-state index in [1.165, 1.54) is 12.1 Å². The topological polar surface area (TPSA) is 81.5 Å². The molecule has 0 bridgehead atoms. The van der Waals surface area contributed by atoms with Crippen LogP contribution in [-0.2, 0) is 4.57 Å². The van der Waals surface area contributed by atoms with Crippen LogP contribution in [0.1, 0.15) is 0 Å². The van der Waals surface area contributed by atoms with Gasteiger partial charge in [0.05, 0.1) is 16.7 Å². The minimum Gasteiger partial charge on any atom is -0.309 e. The minimum atomic E-state index is -3.16. The molecule has 9 aromatic rings. The molecule has 0 saturated heterocycles. The van der Waals surface area contributed by atoms with Crippen LogP contribution >= 0.6 is 7.14 Å². The number of hydrogen-bond donors (Lipinski definition) is 0. The molecular formula is C45H29FN5OP. The van der Waals surface area contributed by atoms with E-state index in [9.17, 15) is 8.96 Å². The van der Waals surface area contributed by atoms with Gasteiger partial charge in [-0.25, -0.2) is 24.3 Å². The molecule has 252 valence electrons. The number of benzene rings is 6. The zero-order valence-corrected chi connectivity index (χ0v) is 29.1. The largest absolute Gasteiger partial charge is 0.309 e. The van der Waals surface area contributed by atoms with Crippen molar-refractivity contribution >= 4 is 44.9 Å². The summed E-state index contributed by atoms with van der Waals surface area (Å²) >= 11 is 0. The molecule has 0 saturated carbocycles. The lowest BCUT2D eigenvalue weighted by Crippen LogP contribution is -2.24. The van der Waals surface area contributed by atoms with Crippen molar-refractivity contribution in [3.63, 3.8) is 0 Å². The first kappa shape index (κ1) is 32.2. The van der Waals surface area contributed by atoms with Gasteiger partial charge < -0.3 is 4.57 Å². The highest BCUT2D eigenvalue weighted by molar-refractivity contribution is 7.85. The first-order chi connectivity index (χ1) is 26.0. The normalized spacial score (nSPS) is 11.6. The highest BCUT2D eigenvalue weighted by Crippen LogP contribution is 2.42. The predicted molar refractivity (Wildman–Crippen MR) is 212 cm³/mol. The van der Waals surface area contributed by atoms with Gasteiger partial charge in [0.2, 0.25) is 0 Å². The summed E-state index contributed by atoms with van der Waals surface area (Å²) in [5.74, 6) is 0.968. The smallest absolute Gasteiger partial charge is 0.171 e. The van der Waals surface area contributed by atoms with E-state index < -0.39 is 7.14 Å². The number of nitrogens with zero attached hydrogens (tertiary/aromatic N) is 5. The summed E-state index contributed by atoms with van der Waals surface area (Å²) in [6, 6.07) is 52.9. The molecule has 9 rings (SSSR count). The molecule has 0 amide bonds. The molecule has 0 radical (unpaired) electrons. The van der Waals surface area contributed by atoms with Crippen molar-refractivity contribution in [2.45, 2.75) is 0 Å². The number of hydrogen-bond acceptors (Lipinski definition) is 6. The van der Waals surface area contributed by atoms with Crippen LogP contribution in [0.25, 0.3) is 67.2 Å². The van der Waals surface area contributed by atoms with Gasteiger partial charge in [-0.2, -0.15) is 0 Å². The zero-order chi connectivity index (χ0) is 35.8. The molecule has 0 N–H and O–H groups in total. The Balaban J connectivity index is 1.11. The summed E-state index contributed by atoms with van der Waals surface area (Å²) in [7, 11) is -3.16. The maximum Gasteiger partial charge on any atom is 0.171 e. The molecule has 3 heterocycles. The summed E-state index contributed by atoms with van der Waals surface area (Å²) < 4.78 is 28.9.